The van der Waals surface area contributed by atoms with E-state index in [0.717, 1.165) is 11.8 Å². The summed E-state index contributed by atoms with van der Waals surface area (Å²) in [6.07, 6.45) is 10.0. The summed E-state index contributed by atoms with van der Waals surface area (Å²) in [6.45, 7) is 3.48. The van der Waals surface area contributed by atoms with E-state index in [4.69, 9.17) is 5.73 Å². The lowest BCUT2D eigenvalue weighted by Gasteiger charge is -2.30. The van der Waals surface area contributed by atoms with Crippen molar-refractivity contribution in [1.82, 2.24) is 15.3 Å². The number of fused-ring (bicyclic) bond motifs is 1. The van der Waals surface area contributed by atoms with Crippen molar-refractivity contribution >= 4 is 29.3 Å². The van der Waals surface area contributed by atoms with Crippen LogP contribution in [0.25, 0.3) is 0 Å². The van der Waals surface area contributed by atoms with Gasteiger partial charge in [0, 0.05) is 17.5 Å². The minimum Gasteiger partial charge on any atom is -0.404 e. The van der Waals surface area contributed by atoms with Gasteiger partial charge in [-0.3, -0.25) is 14.9 Å². The highest BCUT2D eigenvalue weighted by molar-refractivity contribution is 6.13. The second-order valence-corrected chi connectivity index (χ2v) is 7.74. The molecule has 0 unspecified atom stereocenters. The van der Waals surface area contributed by atoms with Gasteiger partial charge in [0.15, 0.2) is 11.6 Å². The summed E-state index contributed by atoms with van der Waals surface area (Å²) in [5.74, 6) is -1.31. The van der Waals surface area contributed by atoms with Crippen molar-refractivity contribution in [2.75, 3.05) is 10.6 Å². The third-order valence-corrected chi connectivity index (χ3v) is 5.22. The van der Waals surface area contributed by atoms with Crippen molar-refractivity contribution in [2.45, 2.75) is 25.3 Å². The molecule has 5 N–H and O–H groups in total. The quantitative estimate of drug-likeness (QED) is 0.561. The van der Waals surface area contributed by atoms with Crippen LogP contribution in [0, 0.1) is 5.82 Å². The molecule has 1 aliphatic carbocycles. The summed E-state index contributed by atoms with van der Waals surface area (Å²) in [7, 11) is 0. The third-order valence-electron chi connectivity index (χ3n) is 5.22. The Balaban J connectivity index is 1.57. The average molecular weight is 420 g/mol. The molecule has 2 aromatic rings. The maximum atomic E-state index is 14.3. The summed E-state index contributed by atoms with van der Waals surface area (Å²) in [5.41, 5.74) is 6.93. The first kappa shape index (κ1) is 20.3. The van der Waals surface area contributed by atoms with Gasteiger partial charge in [0.1, 0.15) is 0 Å². The van der Waals surface area contributed by atoms with Crippen molar-refractivity contribution in [3.05, 3.63) is 77.4 Å². The van der Waals surface area contributed by atoms with Gasteiger partial charge < -0.3 is 16.4 Å². The second-order valence-electron chi connectivity index (χ2n) is 7.74. The Hall–Kier alpha value is -4.01. The molecular formula is C22H21FN6O2. The van der Waals surface area contributed by atoms with Gasteiger partial charge in [0.2, 0.25) is 11.9 Å². The molecule has 2 amide bonds. The fourth-order valence-corrected chi connectivity index (χ4v) is 3.37. The van der Waals surface area contributed by atoms with Crippen LogP contribution in [0.3, 0.4) is 0 Å². The smallest absolute Gasteiger partial charge is 0.258 e. The zero-order valence-corrected chi connectivity index (χ0v) is 16.9. The number of amides is 2. The van der Waals surface area contributed by atoms with Gasteiger partial charge in [-0.2, -0.15) is 4.98 Å². The van der Waals surface area contributed by atoms with E-state index in [2.05, 4.69) is 25.9 Å². The molecule has 1 aromatic carbocycles. The van der Waals surface area contributed by atoms with Crippen molar-refractivity contribution < 1.29 is 14.0 Å². The van der Waals surface area contributed by atoms with Crippen molar-refractivity contribution in [1.29, 1.82) is 0 Å². The van der Waals surface area contributed by atoms with E-state index in [0.29, 0.717) is 16.8 Å². The lowest BCUT2D eigenvalue weighted by molar-refractivity contribution is -0.125. The molecule has 0 radical (unpaired) electrons. The summed E-state index contributed by atoms with van der Waals surface area (Å²) in [6, 6.07) is 4.76. The van der Waals surface area contributed by atoms with Gasteiger partial charge in [-0.05, 0) is 37.1 Å². The van der Waals surface area contributed by atoms with Gasteiger partial charge in [-0.15, -0.1) is 0 Å². The molecule has 8 nitrogen and oxygen atoms in total. The summed E-state index contributed by atoms with van der Waals surface area (Å²) in [5, 5.41) is 8.31. The Labute approximate surface area is 178 Å². The molecule has 0 saturated heterocycles. The molecule has 0 atom stereocenters. The molecule has 0 spiro atoms. The number of benzene rings is 1. The number of halogens is 1. The molecule has 2 aliphatic rings. The average Bonchev–Trinajstić information content (AvgIpc) is 2.75. The number of nitrogens with one attached hydrogen (secondary N) is 3. The molecule has 1 aliphatic heterocycles. The van der Waals surface area contributed by atoms with E-state index in [-0.39, 0.29) is 23.7 Å². The number of anilines is 3. The lowest BCUT2D eigenvalue weighted by atomic mass is 9.78. The highest BCUT2D eigenvalue weighted by Gasteiger charge is 2.39. The number of nitrogens with two attached hydrogens (primary N) is 1. The van der Waals surface area contributed by atoms with E-state index < -0.39 is 17.1 Å². The molecule has 158 valence electrons. The van der Waals surface area contributed by atoms with E-state index in [1.54, 1.807) is 32.0 Å². The monoisotopic (exact) mass is 420 g/mol. The van der Waals surface area contributed by atoms with Crippen molar-refractivity contribution in [3.8, 4) is 0 Å². The normalized spacial score (nSPS) is 18.9. The summed E-state index contributed by atoms with van der Waals surface area (Å²) >= 11 is 0. The Morgan fingerprint density at radius 3 is 2.68 bits per heavy atom. The van der Waals surface area contributed by atoms with Crippen LogP contribution in [0.5, 0.6) is 0 Å². The number of imide groups is 1. The van der Waals surface area contributed by atoms with Crippen LogP contribution in [0.2, 0.25) is 0 Å². The zero-order chi connectivity index (χ0) is 22.2. The number of carbonyl (C=O) groups excluding carboxylic acids is 2. The topological polar surface area (TPSA) is 122 Å². The number of hydrogen-bond acceptors (Lipinski definition) is 7. The van der Waals surface area contributed by atoms with E-state index >= 15 is 0 Å². The van der Waals surface area contributed by atoms with Crippen LogP contribution in [0.4, 0.5) is 21.8 Å². The highest BCUT2D eigenvalue weighted by atomic mass is 19.1. The molecule has 9 heteroatoms. The highest BCUT2D eigenvalue weighted by Crippen LogP contribution is 2.33. The van der Waals surface area contributed by atoms with Crippen molar-refractivity contribution in [3.63, 3.8) is 0 Å². The van der Waals surface area contributed by atoms with Gasteiger partial charge in [0.05, 0.1) is 17.7 Å². The van der Waals surface area contributed by atoms with Crippen LogP contribution >= 0.6 is 0 Å². The number of carbonyl (C=O) groups is 2. The Bertz CT molecular complexity index is 1150. The number of nitrogens with zero attached hydrogens (tertiary/aromatic N) is 2. The number of hydrogen-bond donors (Lipinski definition) is 4. The predicted molar refractivity (Wildman–Crippen MR) is 115 cm³/mol. The van der Waals surface area contributed by atoms with Crippen LogP contribution in [-0.2, 0) is 10.2 Å². The van der Waals surface area contributed by atoms with Crippen LogP contribution in [0.1, 0.15) is 29.8 Å². The van der Waals surface area contributed by atoms with Gasteiger partial charge >= 0.3 is 0 Å². The Morgan fingerprint density at radius 2 is 1.97 bits per heavy atom. The SMILES string of the molecule is CC1(C)C(=O)NC(=O)c2cc(Nc3nc(NC4C=CC(=CN)C=C4)ncc3F)ccc21. The van der Waals surface area contributed by atoms with Gasteiger partial charge in [-0.1, -0.05) is 30.4 Å². The maximum absolute atomic E-state index is 14.3. The molecular weight excluding hydrogens is 399 g/mol. The van der Waals surface area contributed by atoms with Gasteiger partial charge in [-0.25, -0.2) is 9.37 Å². The van der Waals surface area contributed by atoms with E-state index in [1.165, 1.54) is 6.20 Å². The van der Waals surface area contributed by atoms with Crippen LogP contribution in [0.15, 0.2) is 60.5 Å². The van der Waals surface area contributed by atoms with Crippen LogP contribution < -0.4 is 21.7 Å². The minimum atomic E-state index is -0.848. The molecule has 0 saturated carbocycles. The standard InChI is InChI=1S/C22H21FN6O2/c1-22(2)16-8-7-14(9-15(16)19(30)29-20(22)31)26-18-17(23)11-25-21(28-18)27-13-5-3-12(10-24)4-6-13/h3-11,13H,24H2,1-2H3,(H,29,30,31)(H2,25,26,27,28). The van der Waals surface area contributed by atoms with Crippen LogP contribution in [-0.4, -0.2) is 27.8 Å². The minimum absolute atomic E-state index is 0.0460. The van der Waals surface area contributed by atoms with Gasteiger partial charge in [0.25, 0.3) is 5.91 Å². The fraction of sp³-hybridized carbons (Fsp3) is 0.182. The molecule has 0 fully saturated rings. The number of allylic oxidation sites excluding steroid dienone is 3. The first-order chi connectivity index (χ1) is 14.8. The van der Waals surface area contributed by atoms with Crippen molar-refractivity contribution in [2.24, 2.45) is 5.73 Å². The summed E-state index contributed by atoms with van der Waals surface area (Å²) < 4.78 is 14.3. The predicted octanol–water partition coefficient (Wildman–Crippen LogP) is 2.66. The first-order valence-electron chi connectivity index (χ1n) is 9.62. The molecule has 2 heterocycles. The summed E-state index contributed by atoms with van der Waals surface area (Å²) in [4.78, 5) is 32.6. The molecule has 31 heavy (non-hydrogen) atoms. The second kappa shape index (κ2) is 7.67. The first-order valence-corrected chi connectivity index (χ1v) is 9.62. The van der Waals surface area contributed by atoms with E-state index in [1.807, 2.05) is 24.3 Å². The largest absolute Gasteiger partial charge is 0.404 e. The lowest BCUT2D eigenvalue weighted by Crippen LogP contribution is -2.48. The molecule has 4 rings (SSSR count). The molecule has 0 bridgehead atoms. The molecule has 1 aromatic heterocycles. The Kier molecular flexibility index (Phi) is 5.02. The third kappa shape index (κ3) is 3.89. The Morgan fingerprint density at radius 1 is 1.23 bits per heavy atom. The number of aromatic nitrogens is 2. The number of rotatable bonds is 4. The zero-order valence-electron chi connectivity index (χ0n) is 16.9. The fourth-order valence-electron chi connectivity index (χ4n) is 3.37. The maximum Gasteiger partial charge on any atom is 0.258 e. The van der Waals surface area contributed by atoms with E-state index in [9.17, 15) is 14.0 Å².